The second kappa shape index (κ2) is 10.0. The molecule has 5 nitrogen and oxygen atoms in total. The van der Waals surface area contributed by atoms with Crippen LogP contribution in [-0.2, 0) is 4.79 Å². The summed E-state index contributed by atoms with van der Waals surface area (Å²) in [5.74, 6) is 0.956. The number of benzene rings is 2. The molecule has 30 heavy (non-hydrogen) atoms. The van der Waals surface area contributed by atoms with Crippen LogP contribution >= 0.6 is 12.6 Å². The topological polar surface area (TPSA) is 58.6 Å². The van der Waals surface area contributed by atoms with Gasteiger partial charge in [-0.25, -0.2) is 0 Å². The van der Waals surface area contributed by atoms with E-state index in [1.165, 1.54) is 0 Å². The molecule has 3 rings (SSSR count). The molecule has 2 amide bonds. The van der Waals surface area contributed by atoms with Crippen LogP contribution in [0.1, 0.15) is 55.5 Å². The highest BCUT2D eigenvalue weighted by molar-refractivity contribution is 7.80. The van der Waals surface area contributed by atoms with Gasteiger partial charge in [-0.3, -0.25) is 9.59 Å². The van der Waals surface area contributed by atoms with Gasteiger partial charge in [0.2, 0.25) is 0 Å². The van der Waals surface area contributed by atoms with E-state index in [1.54, 1.807) is 19.1 Å². The first kappa shape index (κ1) is 22.2. The zero-order valence-corrected chi connectivity index (χ0v) is 18.7. The first-order chi connectivity index (χ1) is 14.4. The number of amides is 2. The second-order valence-electron chi connectivity index (χ2n) is 8.04. The molecule has 0 radical (unpaired) electrons. The van der Waals surface area contributed by atoms with Gasteiger partial charge in [0, 0.05) is 24.0 Å². The summed E-state index contributed by atoms with van der Waals surface area (Å²) in [5, 5.41) is 3.07. The van der Waals surface area contributed by atoms with E-state index in [9.17, 15) is 9.59 Å². The highest BCUT2D eigenvalue weighted by Gasteiger charge is 2.28. The van der Waals surface area contributed by atoms with Crippen LogP contribution in [0.2, 0.25) is 0 Å². The summed E-state index contributed by atoms with van der Waals surface area (Å²) in [6.45, 7) is 7.23. The fourth-order valence-electron chi connectivity index (χ4n) is 3.74. The maximum absolute atomic E-state index is 12.9. The van der Waals surface area contributed by atoms with Gasteiger partial charge >= 0.3 is 0 Å². The number of nitrogens with zero attached hydrogens (tertiary/aromatic N) is 1. The number of piperidine rings is 1. The van der Waals surface area contributed by atoms with Crippen LogP contribution in [0.5, 0.6) is 5.75 Å². The SMILES string of the molecule is CC(Oc1ccccc1C(C)C)C(=O)N1CCC(NC(=O)c2ccccc2S)CC1. The summed E-state index contributed by atoms with van der Waals surface area (Å²) in [5.41, 5.74) is 1.67. The third kappa shape index (κ3) is 5.36. The normalized spacial score (nSPS) is 15.7. The Morgan fingerprint density at radius 3 is 2.33 bits per heavy atom. The van der Waals surface area contributed by atoms with Crippen molar-refractivity contribution in [3.63, 3.8) is 0 Å². The van der Waals surface area contributed by atoms with Crippen LogP contribution in [-0.4, -0.2) is 41.9 Å². The molecule has 160 valence electrons. The summed E-state index contributed by atoms with van der Waals surface area (Å²) in [6.07, 6.45) is 0.898. The molecule has 1 atom stereocenters. The van der Waals surface area contributed by atoms with Gasteiger partial charge in [-0.15, -0.1) is 12.6 Å². The van der Waals surface area contributed by atoms with Crippen molar-refractivity contribution in [2.75, 3.05) is 13.1 Å². The van der Waals surface area contributed by atoms with Crippen LogP contribution in [0.15, 0.2) is 53.4 Å². The fraction of sp³-hybridized carbons (Fsp3) is 0.417. The monoisotopic (exact) mass is 426 g/mol. The molecule has 2 aromatic rings. The molecule has 0 spiro atoms. The molecule has 1 aliphatic rings. The second-order valence-corrected chi connectivity index (χ2v) is 8.52. The summed E-state index contributed by atoms with van der Waals surface area (Å²) < 4.78 is 6.01. The number of thiol groups is 1. The van der Waals surface area contributed by atoms with Crippen LogP contribution in [0, 0.1) is 0 Å². The Bertz CT molecular complexity index is 892. The summed E-state index contributed by atoms with van der Waals surface area (Å²) in [4.78, 5) is 27.9. The van der Waals surface area contributed by atoms with Crippen molar-refractivity contribution >= 4 is 24.4 Å². The molecule has 1 aliphatic heterocycles. The molecule has 2 aromatic carbocycles. The molecule has 1 saturated heterocycles. The predicted molar refractivity (Wildman–Crippen MR) is 121 cm³/mol. The van der Waals surface area contributed by atoms with Crippen molar-refractivity contribution in [3.8, 4) is 5.75 Å². The Balaban J connectivity index is 1.53. The van der Waals surface area contributed by atoms with Gasteiger partial charge in [0.25, 0.3) is 11.8 Å². The highest BCUT2D eigenvalue weighted by Crippen LogP contribution is 2.27. The average molecular weight is 427 g/mol. The lowest BCUT2D eigenvalue weighted by Crippen LogP contribution is -2.49. The minimum Gasteiger partial charge on any atom is -0.481 e. The lowest BCUT2D eigenvalue weighted by Gasteiger charge is -2.34. The maximum Gasteiger partial charge on any atom is 0.263 e. The van der Waals surface area contributed by atoms with E-state index in [1.807, 2.05) is 41.3 Å². The third-order valence-corrected chi connectivity index (χ3v) is 5.87. The standard InChI is InChI=1S/C24H30N2O3S/c1-16(2)19-8-4-6-10-21(19)29-17(3)24(28)26-14-12-18(13-15-26)25-23(27)20-9-5-7-11-22(20)30/h4-11,16-18,30H,12-15H2,1-3H3,(H,25,27). The van der Waals surface area contributed by atoms with Crippen molar-refractivity contribution in [2.45, 2.75) is 56.6 Å². The Morgan fingerprint density at radius 2 is 1.67 bits per heavy atom. The Labute approximate surface area is 184 Å². The fourth-order valence-corrected chi connectivity index (χ4v) is 4.00. The van der Waals surface area contributed by atoms with Crippen LogP contribution in [0.25, 0.3) is 0 Å². The smallest absolute Gasteiger partial charge is 0.263 e. The number of likely N-dealkylation sites (tertiary alicyclic amines) is 1. The van der Waals surface area contributed by atoms with Crippen LogP contribution in [0.4, 0.5) is 0 Å². The number of rotatable bonds is 6. The van der Waals surface area contributed by atoms with E-state index < -0.39 is 6.10 Å². The van der Waals surface area contributed by atoms with Crippen LogP contribution in [0.3, 0.4) is 0 Å². The average Bonchev–Trinajstić information content (AvgIpc) is 2.74. The van der Waals surface area contributed by atoms with Crippen molar-refractivity contribution in [2.24, 2.45) is 0 Å². The number of para-hydroxylation sites is 1. The minimum absolute atomic E-state index is 0.0148. The zero-order chi connectivity index (χ0) is 21.7. The Hall–Kier alpha value is -2.47. The van der Waals surface area contributed by atoms with Gasteiger partial charge in [0.15, 0.2) is 6.10 Å². The van der Waals surface area contributed by atoms with Crippen LogP contribution < -0.4 is 10.1 Å². The zero-order valence-electron chi connectivity index (χ0n) is 17.8. The lowest BCUT2D eigenvalue weighted by molar-refractivity contribution is -0.139. The molecule has 1 heterocycles. The Kier molecular flexibility index (Phi) is 7.43. The number of carbonyl (C=O) groups excluding carboxylic acids is 2. The summed E-state index contributed by atoms with van der Waals surface area (Å²) >= 11 is 4.35. The number of nitrogens with one attached hydrogen (secondary N) is 1. The first-order valence-electron chi connectivity index (χ1n) is 10.5. The number of ether oxygens (including phenoxy) is 1. The number of hydrogen-bond acceptors (Lipinski definition) is 4. The van der Waals surface area contributed by atoms with E-state index in [-0.39, 0.29) is 17.9 Å². The van der Waals surface area contributed by atoms with Crippen molar-refractivity contribution in [1.29, 1.82) is 0 Å². The van der Waals surface area contributed by atoms with Crippen molar-refractivity contribution < 1.29 is 14.3 Å². The molecular weight excluding hydrogens is 396 g/mol. The molecule has 0 saturated carbocycles. The van der Waals surface area contributed by atoms with E-state index in [4.69, 9.17) is 4.74 Å². The summed E-state index contributed by atoms with van der Waals surface area (Å²) in [6, 6.07) is 15.2. The highest BCUT2D eigenvalue weighted by atomic mass is 32.1. The largest absolute Gasteiger partial charge is 0.481 e. The van der Waals surface area contributed by atoms with E-state index >= 15 is 0 Å². The van der Waals surface area contributed by atoms with Gasteiger partial charge in [0.05, 0.1) is 5.56 Å². The van der Waals surface area contributed by atoms with E-state index in [0.717, 1.165) is 24.2 Å². The number of carbonyl (C=O) groups is 2. The summed E-state index contributed by atoms with van der Waals surface area (Å²) in [7, 11) is 0. The maximum atomic E-state index is 12.9. The van der Waals surface area contributed by atoms with Gasteiger partial charge in [-0.2, -0.15) is 0 Å². The molecule has 6 heteroatoms. The quantitative estimate of drug-likeness (QED) is 0.678. The lowest BCUT2D eigenvalue weighted by atomic mass is 10.0. The van der Waals surface area contributed by atoms with Gasteiger partial charge in [-0.1, -0.05) is 44.2 Å². The molecule has 0 aliphatic carbocycles. The van der Waals surface area contributed by atoms with E-state index in [2.05, 4.69) is 31.8 Å². The van der Waals surface area contributed by atoms with E-state index in [0.29, 0.717) is 29.5 Å². The molecule has 0 aromatic heterocycles. The van der Waals surface area contributed by atoms with Gasteiger partial charge in [0.1, 0.15) is 5.75 Å². The molecule has 1 N–H and O–H groups in total. The number of hydrogen-bond donors (Lipinski definition) is 2. The molecule has 1 unspecified atom stereocenters. The molecule has 0 bridgehead atoms. The first-order valence-corrected chi connectivity index (χ1v) is 10.9. The predicted octanol–water partition coefficient (Wildman–Crippen LogP) is 4.29. The van der Waals surface area contributed by atoms with Gasteiger partial charge in [-0.05, 0) is 49.4 Å². The minimum atomic E-state index is -0.549. The van der Waals surface area contributed by atoms with Crippen molar-refractivity contribution in [1.82, 2.24) is 10.2 Å². The molecular formula is C24H30N2O3S. The third-order valence-electron chi connectivity index (χ3n) is 5.48. The Morgan fingerprint density at radius 1 is 1.03 bits per heavy atom. The van der Waals surface area contributed by atoms with Crippen molar-refractivity contribution in [3.05, 3.63) is 59.7 Å². The molecule has 1 fully saturated rings. The van der Waals surface area contributed by atoms with Gasteiger partial charge < -0.3 is 15.0 Å².